The highest BCUT2D eigenvalue weighted by molar-refractivity contribution is 6.32. The van der Waals surface area contributed by atoms with E-state index in [1.807, 2.05) is 0 Å². The van der Waals surface area contributed by atoms with Crippen molar-refractivity contribution in [3.63, 3.8) is 0 Å². The van der Waals surface area contributed by atoms with Crippen molar-refractivity contribution in [2.45, 2.75) is 87.9 Å². The van der Waals surface area contributed by atoms with Crippen molar-refractivity contribution in [3.8, 4) is 16.9 Å². The minimum Gasteiger partial charge on any atom is -0.447 e. The van der Waals surface area contributed by atoms with Gasteiger partial charge in [-0.1, -0.05) is 55.8 Å². The van der Waals surface area contributed by atoms with Gasteiger partial charge in [-0.2, -0.15) is 46.4 Å². The zero-order chi connectivity index (χ0) is 41.3. The lowest BCUT2D eigenvalue weighted by Crippen LogP contribution is -2.50. The SMILES string of the molecule is CC(C)(C[C@]1(c2ccc(-c3cnn(C4CC4)n3)cc2)N=C(N)N(C(COC(=O)NC2(C(F)(F)F)CC2)c2ccc(Cl)c(-n3ncnc3C(F)F)c2)C1=O)C(F)(F)F. The Kier molecular flexibility index (Phi) is 9.75. The second kappa shape index (κ2) is 13.9. The second-order valence-electron chi connectivity index (χ2n) is 14.8. The van der Waals surface area contributed by atoms with Crippen LogP contribution in [0.4, 0.5) is 39.9 Å². The molecule has 7 rings (SSSR count). The molecule has 2 aromatic heterocycles. The number of aromatic nitrogens is 6. The van der Waals surface area contributed by atoms with Crippen molar-refractivity contribution in [2.24, 2.45) is 16.1 Å². The molecule has 0 saturated heterocycles. The number of nitrogens with one attached hydrogen (secondary N) is 1. The van der Waals surface area contributed by atoms with E-state index < -0.39 is 91.0 Å². The predicted molar refractivity (Wildman–Crippen MR) is 185 cm³/mol. The molecule has 22 heteroatoms. The zero-order valence-electron chi connectivity index (χ0n) is 30.0. The monoisotopic (exact) mass is 828 g/mol. The predicted octanol–water partition coefficient (Wildman–Crippen LogP) is 7.34. The van der Waals surface area contributed by atoms with Gasteiger partial charge in [-0.3, -0.25) is 9.69 Å². The number of carbonyl (C=O) groups is 2. The first-order valence-corrected chi connectivity index (χ1v) is 17.8. The molecule has 57 heavy (non-hydrogen) atoms. The maximum absolute atomic E-state index is 14.9. The lowest BCUT2D eigenvalue weighted by molar-refractivity contribution is -0.218. The van der Waals surface area contributed by atoms with E-state index in [1.165, 1.54) is 42.6 Å². The molecule has 2 fully saturated rings. The molecule has 2 atom stereocenters. The fraction of sp³-hybridized carbons (Fsp3) is 0.457. The normalized spacial score (nSPS) is 20.2. The van der Waals surface area contributed by atoms with E-state index in [1.54, 1.807) is 10.1 Å². The smallest absolute Gasteiger partial charge is 0.411 e. The van der Waals surface area contributed by atoms with Gasteiger partial charge in [0.25, 0.3) is 12.3 Å². The standard InChI is InChI=1S/C35H33ClF8N10O3/c1-31(2,34(39,40)41)16-33(20-6-3-18(4-7-20)23-14-47-54(51-23)21-8-9-21)28(55)52(29(45)49-33)25(15-57-30(56)50-32(11-12-32)35(42,43)44)19-5-10-22(36)24(13-19)53-27(26(37)38)46-17-48-53/h3-7,10,13-14,17,21,25-26H,8-9,11-12,15-16H2,1-2H3,(H2,45,49)(H,50,56)/t25?,33-/m1/s1. The summed E-state index contributed by atoms with van der Waals surface area (Å²) in [5.41, 5.74) is -0.318. The van der Waals surface area contributed by atoms with Crippen LogP contribution in [0.5, 0.6) is 0 Å². The number of hydrogen-bond donors (Lipinski definition) is 2. The number of aliphatic imine (C=N–C) groups is 1. The molecule has 3 N–H and O–H groups in total. The largest absolute Gasteiger partial charge is 0.447 e. The number of nitrogens with zero attached hydrogens (tertiary/aromatic N) is 8. The summed E-state index contributed by atoms with van der Waals surface area (Å²) in [6, 6.07) is 8.08. The molecule has 4 aromatic rings. The Bertz CT molecular complexity index is 2210. The molecule has 2 aliphatic carbocycles. The Morgan fingerprint density at radius 1 is 1.05 bits per heavy atom. The number of hydrogen-bond acceptors (Lipinski definition) is 9. The van der Waals surface area contributed by atoms with E-state index in [4.69, 9.17) is 22.1 Å². The van der Waals surface area contributed by atoms with E-state index in [0.29, 0.717) is 15.9 Å². The Balaban J connectivity index is 1.29. The van der Waals surface area contributed by atoms with Crippen molar-refractivity contribution in [1.29, 1.82) is 0 Å². The minimum atomic E-state index is -4.86. The molecular formula is C35H33ClF8N10O3. The van der Waals surface area contributed by atoms with Crippen molar-refractivity contribution < 1.29 is 49.4 Å². The highest BCUT2D eigenvalue weighted by atomic mass is 35.5. The number of nitrogens with two attached hydrogens (primary N) is 1. The number of benzene rings is 2. The molecular weight excluding hydrogens is 796 g/mol. The summed E-state index contributed by atoms with van der Waals surface area (Å²) in [5.74, 6) is -2.57. The fourth-order valence-corrected chi connectivity index (χ4v) is 6.85. The van der Waals surface area contributed by atoms with Gasteiger partial charge in [0.05, 0.1) is 34.4 Å². The van der Waals surface area contributed by atoms with Crippen LogP contribution in [0.15, 0.2) is 60.0 Å². The summed E-state index contributed by atoms with van der Waals surface area (Å²) in [6.07, 6.45) is -11.9. The summed E-state index contributed by atoms with van der Waals surface area (Å²) >= 11 is 6.37. The summed E-state index contributed by atoms with van der Waals surface area (Å²) in [6.45, 7) is 0.824. The summed E-state index contributed by atoms with van der Waals surface area (Å²) in [7, 11) is 0. The number of alkyl carbamates (subject to hydrolysis) is 1. The summed E-state index contributed by atoms with van der Waals surface area (Å²) in [4.78, 5) is 38.0. The van der Waals surface area contributed by atoms with E-state index in [0.717, 1.165) is 44.0 Å². The van der Waals surface area contributed by atoms with Crippen LogP contribution in [0.25, 0.3) is 16.9 Å². The Morgan fingerprint density at radius 2 is 1.74 bits per heavy atom. The molecule has 2 aromatic carbocycles. The van der Waals surface area contributed by atoms with Crippen LogP contribution >= 0.6 is 11.6 Å². The number of guanidine groups is 1. The molecule has 0 radical (unpaired) electrons. The summed E-state index contributed by atoms with van der Waals surface area (Å²) in [5, 5.41) is 14.2. The highest BCUT2D eigenvalue weighted by Crippen LogP contribution is 2.51. The molecule has 0 spiro atoms. The minimum absolute atomic E-state index is 0.00661. The average molecular weight is 829 g/mol. The van der Waals surface area contributed by atoms with Crippen molar-refractivity contribution in [2.75, 3.05) is 6.61 Å². The molecule has 13 nitrogen and oxygen atoms in total. The molecule has 3 aliphatic rings. The van der Waals surface area contributed by atoms with Crippen LogP contribution in [0.2, 0.25) is 5.02 Å². The van der Waals surface area contributed by atoms with E-state index in [-0.39, 0.29) is 27.9 Å². The van der Waals surface area contributed by atoms with Crippen LogP contribution in [0.1, 0.15) is 81.4 Å². The van der Waals surface area contributed by atoms with Gasteiger partial charge in [-0.15, -0.1) is 0 Å². The van der Waals surface area contributed by atoms with Gasteiger partial charge in [-0.25, -0.2) is 28.2 Å². The molecule has 1 aliphatic heterocycles. The van der Waals surface area contributed by atoms with Crippen molar-refractivity contribution in [3.05, 3.63) is 77.0 Å². The lowest BCUT2D eigenvalue weighted by Gasteiger charge is -2.37. The number of carbonyl (C=O) groups excluding carboxylic acids is 2. The van der Waals surface area contributed by atoms with Crippen LogP contribution in [0.3, 0.4) is 0 Å². The summed E-state index contributed by atoms with van der Waals surface area (Å²) < 4.78 is 118. The Labute approximate surface area is 323 Å². The second-order valence-corrected chi connectivity index (χ2v) is 15.2. The third-order valence-electron chi connectivity index (χ3n) is 10.3. The van der Waals surface area contributed by atoms with Crippen LogP contribution in [-0.2, 0) is 15.1 Å². The van der Waals surface area contributed by atoms with Gasteiger partial charge in [0.2, 0.25) is 0 Å². The zero-order valence-corrected chi connectivity index (χ0v) is 30.7. The maximum Gasteiger partial charge on any atom is 0.411 e. The molecule has 0 bridgehead atoms. The third kappa shape index (κ3) is 7.36. The third-order valence-corrected chi connectivity index (χ3v) is 10.6. The first-order valence-electron chi connectivity index (χ1n) is 17.4. The first kappa shape index (κ1) is 39.9. The van der Waals surface area contributed by atoms with Gasteiger partial charge in [0, 0.05) is 5.56 Å². The Morgan fingerprint density at radius 3 is 2.33 bits per heavy atom. The fourth-order valence-electron chi connectivity index (χ4n) is 6.65. The van der Waals surface area contributed by atoms with Gasteiger partial charge in [-0.05, 0) is 55.4 Å². The molecule has 304 valence electrons. The molecule has 2 saturated carbocycles. The number of amides is 2. The maximum atomic E-state index is 14.9. The quantitative estimate of drug-likeness (QED) is 0.140. The number of rotatable bonds is 12. The average Bonchev–Trinajstić information content (AvgIpc) is 4.00. The van der Waals surface area contributed by atoms with Gasteiger partial charge in [0.15, 0.2) is 17.3 Å². The molecule has 3 heterocycles. The van der Waals surface area contributed by atoms with E-state index >= 15 is 0 Å². The van der Waals surface area contributed by atoms with Gasteiger partial charge >= 0.3 is 18.4 Å². The van der Waals surface area contributed by atoms with E-state index in [2.05, 4.69) is 25.3 Å². The Hall–Kier alpha value is -5.34. The van der Waals surface area contributed by atoms with Crippen molar-refractivity contribution in [1.82, 2.24) is 40.0 Å². The van der Waals surface area contributed by atoms with Crippen molar-refractivity contribution >= 4 is 29.6 Å². The van der Waals surface area contributed by atoms with Crippen LogP contribution in [0, 0.1) is 5.41 Å². The van der Waals surface area contributed by atoms with Crippen LogP contribution < -0.4 is 11.1 Å². The molecule has 1 unspecified atom stereocenters. The highest BCUT2D eigenvalue weighted by Gasteiger charge is 2.65. The number of halogens is 9. The molecule has 2 amide bonds. The first-order chi connectivity index (χ1) is 26.7. The lowest BCUT2D eigenvalue weighted by atomic mass is 9.74. The van der Waals surface area contributed by atoms with Crippen LogP contribution in [-0.4, -0.2) is 77.1 Å². The number of alkyl halides is 8. The van der Waals surface area contributed by atoms with Gasteiger partial charge < -0.3 is 15.8 Å². The van der Waals surface area contributed by atoms with E-state index in [9.17, 15) is 44.7 Å². The van der Waals surface area contributed by atoms with Gasteiger partial charge in [0.1, 0.15) is 24.2 Å². The number of ether oxygens (including phenoxy) is 1. The topological polar surface area (TPSA) is 158 Å².